The summed E-state index contributed by atoms with van der Waals surface area (Å²) in [5.74, 6) is -0.119. The molecule has 3 aromatic rings. The first-order chi connectivity index (χ1) is 15.2. The Balaban J connectivity index is 1.63. The topological polar surface area (TPSA) is 104 Å². The molecule has 1 N–H and O–H groups in total. The molecule has 0 unspecified atom stereocenters. The molecule has 0 aromatic carbocycles. The van der Waals surface area contributed by atoms with Crippen LogP contribution in [0.5, 0.6) is 0 Å². The molecule has 1 aliphatic rings. The summed E-state index contributed by atoms with van der Waals surface area (Å²) in [4.78, 5) is 38.4. The van der Waals surface area contributed by atoms with Crippen LogP contribution in [-0.4, -0.2) is 43.2 Å². The van der Waals surface area contributed by atoms with E-state index in [1.807, 2.05) is 15.3 Å². The van der Waals surface area contributed by atoms with Gasteiger partial charge in [0.15, 0.2) is 0 Å². The highest BCUT2D eigenvalue weighted by atomic mass is 16.5. The molecular formula is C22H28N6O3. The highest BCUT2D eigenvalue weighted by Gasteiger charge is 2.23. The Hall–Kier alpha value is -3.23. The van der Waals surface area contributed by atoms with Gasteiger partial charge in [0, 0.05) is 43.9 Å². The van der Waals surface area contributed by atoms with Crippen LogP contribution in [0, 0.1) is 0 Å². The molecule has 0 atom stereocenters. The fraction of sp³-hybridized carbons (Fsp3) is 0.500. The number of fused-ring (bicyclic) bond motifs is 1. The van der Waals surface area contributed by atoms with Crippen LogP contribution in [0.3, 0.4) is 0 Å². The van der Waals surface area contributed by atoms with Crippen molar-refractivity contribution in [3.05, 3.63) is 46.9 Å². The zero-order valence-corrected chi connectivity index (χ0v) is 17.8. The molecule has 0 radical (unpaired) electrons. The summed E-state index contributed by atoms with van der Waals surface area (Å²) in [7, 11) is 0. The lowest BCUT2D eigenvalue weighted by molar-refractivity contribution is 0.0524. The molecule has 3 aromatic heterocycles. The van der Waals surface area contributed by atoms with Crippen LogP contribution in [0.25, 0.3) is 11.0 Å². The summed E-state index contributed by atoms with van der Waals surface area (Å²) in [6, 6.07) is 0.203. The lowest BCUT2D eigenvalue weighted by atomic mass is 9.95. The average Bonchev–Trinajstić information content (AvgIpc) is 3.31. The molecule has 9 heteroatoms. The molecule has 1 saturated carbocycles. The van der Waals surface area contributed by atoms with Gasteiger partial charge in [-0.15, -0.1) is 0 Å². The van der Waals surface area contributed by atoms with E-state index >= 15 is 0 Å². The van der Waals surface area contributed by atoms with Crippen LogP contribution in [0.1, 0.15) is 61.8 Å². The maximum Gasteiger partial charge on any atom is 0.343 e. The minimum absolute atomic E-state index is 0.0459. The van der Waals surface area contributed by atoms with Crippen molar-refractivity contribution < 1.29 is 9.53 Å². The zero-order chi connectivity index (χ0) is 21.6. The van der Waals surface area contributed by atoms with Gasteiger partial charge < -0.3 is 19.2 Å². The number of nitrogens with zero attached hydrogens (tertiary/aromatic N) is 5. The lowest BCUT2D eigenvalue weighted by Gasteiger charge is -2.26. The number of aromatic nitrogens is 5. The smallest absolute Gasteiger partial charge is 0.343 e. The number of anilines is 1. The van der Waals surface area contributed by atoms with Gasteiger partial charge in [0.1, 0.15) is 11.2 Å². The molecule has 0 saturated heterocycles. The summed E-state index contributed by atoms with van der Waals surface area (Å²) in [6.07, 6.45) is 15.0. The first-order valence-corrected chi connectivity index (χ1v) is 11.0. The van der Waals surface area contributed by atoms with Gasteiger partial charge in [-0.05, 0) is 26.2 Å². The standard InChI is InChI=1S/C22H28N6O3/c1-2-31-21(30)18-14-28(16-7-4-3-5-8-16)20-17(19(18)29)13-25-22(26-20)24-9-6-11-27-12-10-23-15-27/h10,12-16H,2-9,11H2,1H3,(H,24,25,26). The molecular weight excluding hydrogens is 396 g/mol. The van der Waals surface area contributed by atoms with E-state index in [0.29, 0.717) is 23.5 Å². The van der Waals surface area contributed by atoms with E-state index in [9.17, 15) is 9.59 Å². The Morgan fingerprint density at radius 1 is 1.29 bits per heavy atom. The van der Waals surface area contributed by atoms with Crippen molar-refractivity contribution in [2.75, 3.05) is 18.5 Å². The van der Waals surface area contributed by atoms with Crippen molar-refractivity contribution in [3.8, 4) is 0 Å². The van der Waals surface area contributed by atoms with Crippen LogP contribution >= 0.6 is 0 Å². The Kier molecular flexibility index (Phi) is 6.59. The predicted octanol–water partition coefficient (Wildman–Crippen LogP) is 3.17. The second-order valence-electron chi connectivity index (χ2n) is 7.80. The van der Waals surface area contributed by atoms with E-state index < -0.39 is 5.97 Å². The second kappa shape index (κ2) is 9.72. The Bertz CT molecular complexity index is 1090. The maximum absolute atomic E-state index is 13.0. The van der Waals surface area contributed by atoms with Gasteiger partial charge in [0.05, 0.1) is 18.3 Å². The molecule has 4 rings (SSSR count). The molecule has 1 fully saturated rings. The molecule has 9 nitrogen and oxygen atoms in total. The monoisotopic (exact) mass is 424 g/mol. The van der Waals surface area contributed by atoms with Gasteiger partial charge in [-0.3, -0.25) is 4.79 Å². The summed E-state index contributed by atoms with van der Waals surface area (Å²) in [5.41, 5.74) is 0.230. The number of esters is 1. The Morgan fingerprint density at radius 3 is 2.87 bits per heavy atom. The Morgan fingerprint density at radius 2 is 2.13 bits per heavy atom. The van der Waals surface area contributed by atoms with Crippen LogP contribution in [0.2, 0.25) is 0 Å². The largest absolute Gasteiger partial charge is 0.462 e. The number of carbonyl (C=O) groups is 1. The average molecular weight is 425 g/mol. The molecule has 0 spiro atoms. The molecule has 1 aliphatic carbocycles. The summed E-state index contributed by atoms with van der Waals surface area (Å²) >= 11 is 0. The normalized spacial score (nSPS) is 14.6. The van der Waals surface area contributed by atoms with Crippen molar-refractivity contribution in [2.24, 2.45) is 0 Å². The van der Waals surface area contributed by atoms with Crippen LogP contribution in [0.4, 0.5) is 5.95 Å². The fourth-order valence-electron chi connectivity index (χ4n) is 4.09. The van der Waals surface area contributed by atoms with Crippen molar-refractivity contribution in [1.29, 1.82) is 0 Å². The molecule has 0 amide bonds. The van der Waals surface area contributed by atoms with Crippen molar-refractivity contribution in [1.82, 2.24) is 24.1 Å². The summed E-state index contributed by atoms with van der Waals surface area (Å²) < 4.78 is 9.11. The van der Waals surface area contributed by atoms with E-state index in [1.165, 1.54) is 12.6 Å². The molecule has 3 heterocycles. The number of hydrogen-bond donors (Lipinski definition) is 1. The third kappa shape index (κ3) is 4.76. The van der Waals surface area contributed by atoms with Crippen molar-refractivity contribution in [3.63, 3.8) is 0 Å². The van der Waals surface area contributed by atoms with Crippen LogP contribution < -0.4 is 10.7 Å². The van der Waals surface area contributed by atoms with Crippen molar-refractivity contribution in [2.45, 2.75) is 58.0 Å². The highest BCUT2D eigenvalue weighted by Crippen LogP contribution is 2.30. The van der Waals surface area contributed by atoms with Gasteiger partial charge in [-0.2, -0.15) is 4.98 Å². The van der Waals surface area contributed by atoms with E-state index in [4.69, 9.17) is 4.74 Å². The van der Waals surface area contributed by atoms with E-state index in [1.54, 1.807) is 25.6 Å². The predicted molar refractivity (Wildman–Crippen MR) is 117 cm³/mol. The summed E-state index contributed by atoms with van der Waals surface area (Å²) in [6.45, 7) is 3.49. The number of rotatable bonds is 8. The van der Waals surface area contributed by atoms with Crippen molar-refractivity contribution >= 4 is 23.0 Å². The number of aryl methyl sites for hydroxylation is 1. The zero-order valence-electron chi connectivity index (χ0n) is 17.8. The second-order valence-corrected chi connectivity index (χ2v) is 7.80. The number of imidazole rings is 1. The molecule has 164 valence electrons. The SMILES string of the molecule is CCOC(=O)c1cn(C2CCCCC2)c2nc(NCCCn3ccnc3)ncc2c1=O. The maximum atomic E-state index is 13.0. The number of ether oxygens (including phenoxy) is 1. The minimum atomic E-state index is -0.597. The van der Waals surface area contributed by atoms with E-state index in [2.05, 4.69) is 20.3 Å². The van der Waals surface area contributed by atoms with Gasteiger partial charge in [-0.25, -0.2) is 14.8 Å². The van der Waals surface area contributed by atoms with E-state index in [0.717, 1.165) is 38.6 Å². The quantitative estimate of drug-likeness (QED) is 0.437. The first-order valence-electron chi connectivity index (χ1n) is 11.0. The summed E-state index contributed by atoms with van der Waals surface area (Å²) in [5, 5.41) is 3.59. The van der Waals surface area contributed by atoms with Crippen LogP contribution in [0.15, 0.2) is 35.9 Å². The van der Waals surface area contributed by atoms with E-state index in [-0.39, 0.29) is 23.6 Å². The van der Waals surface area contributed by atoms with Crippen LogP contribution in [-0.2, 0) is 11.3 Å². The fourth-order valence-corrected chi connectivity index (χ4v) is 4.09. The van der Waals surface area contributed by atoms with Gasteiger partial charge >= 0.3 is 5.97 Å². The van der Waals surface area contributed by atoms with Gasteiger partial charge in [0.2, 0.25) is 11.4 Å². The first kappa shape index (κ1) is 21.0. The molecule has 0 aliphatic heterocycles. The number of hydrogen-bond acceptors (Lipinski definition) is 7. The Labute approximate surface area is 180 Å². The highest BCUT2D eigenvalue weighted by molar-refractivity contribution is 5.93. The van der Waals surface area contributed by atoms with Gasteiger partial charge in [0.25, 0.3) is 0 Å². The minimum Gasteiger partial charge on any atom is -0.462 e. The third-order valence-electron chi connectivity index (χ3n) is 5.67. The lowest BCUT2D eigenvalue weighted by Crippen LogP contribution is -2.24. The third-order valence-corrected chi connectivity index (χ3v) is 5.67. The number of carbonyl (C=O) groups excluding carboxylic acids is 1. The molecule has 31 heavy (non-hydrogen) atoms. The number of nitrogens with one attached hydrogen (secondary N) is 1. The van der Waals surface area contributed by atoms with Gasteiger partial charge in [-0.1, -0.05) is 19.3 Å². The molecule has 0 bridgehead atoms. The number of pyridine rings is 1.